The van der Waals surface area contributed by atoms with Gasteiger partial charge < -0.3 is 20.3 Å². The van der Waals surface area contributed by atoms with Gasteiger partial charge >= 0.3 is 6.03 Å². The van der Waals surface area contributed by atoms with Crippen molar-refractivity contribution in [2.75, 3.05) is 43.5 Å². The van der Waals surface area contributed by atoms with Gasteiger partial charge in [-0.3, -0.25) is 24.2 Å². The number of urea groups is 1. The summed E-state index contributed by atoms with van der Waals surface area (Å²) in [4.78, 5) is 57.5. The molecule has 212 valence electrons. The molecule has 2 aromatic rings. The maximum absolute atomic E-state index is 14.3. The molecular weight excluding hydrogens is 517 g/mol. The van der Waals surface area contributed by atoms with Crippen molar-refractivity contribution in [3.05, 3.63) is 53.3 Å². The van der Waals surface area contributed by atoms with E-state index < -0.39 is 29.3 Å². The third-order valence-electron chi connectivity index (χ3n) is 8.00. The molecule has 0 radical (unpaired) electrons. The second-order valence-electron chi connectivity index (χ2n) is 11.0. The molecule has 0 saturated carbocycles. The molecule has 0 aromatic heterocycles. The number of nitrogens with one attached hydrogen (secondary N) is 2. The van der Waals surface area contributed by atoms with E-state index in [4.69, 9.17) is 4.74 Å². The van der Waals surface area contributed by atoms with Crippen LogP contribution in [0.3, 0.4) is 0 Å². The first-order valence-electron chi connectivity index (χ1n) is 13.5. The maximum atomic E-state index is 14.3. The summed E-state index contributed by atoms with van der Waals surface area (Å²) in [6.45, 7) is 6.98. The number of piperidine rings is 1. The minimum absolute atomic E-state index is 0.117. The molecular formula is C29H34FN5O5. The minimum Gasteiger partial charge on any atom is -0.490 e. The number of hydrogen-bond acceptors (Lipinski definition) is 6. The van der Waals surface area contributed by atoms with Crippen LogP contribution in [0.25, 0.3) is 0 Å². The van der Waals surface area contributed by atoms with Crippen molar-refractivity contribution in [3.8, 4) is 5.75 Å². The first kappa shape index (κ1) is 27.4. The zero-order chi connectivity index (χ0) is 28.8. The number of ether oxygens (including phenoxy) is 1. The third-order valence-corrected chi connectivity index (χ3v) is 8.00. The number of carbonyl (C=O) groups excluding carboxylic acids is 4. The number of nitrogens with zero attached hydrogens (tertiary/aromatic N) is 3. The van der Waals surface area contributed by atoms with E-state index in [1.54, 1.807) is 30.0 Å². The van der Waals surface area contributed by atoms with Crippen molar-refractivity contribution in [1.82, 2.24) is 15.1 Å². The quantitative estimate of drug-likeness (QED) is 0.553. The Morgan fingerprint density at radius 1 is 1.10 bits per heavy atom. The van der Waals surface area contributed by atoms with Crippen molar-refractivity contribution in [2.24, 2.45) is 5.92 Å². The van der Waals surface area contributed by atoms with Crippen molar-refractivity contribution >= 4 is 35.1 Å². The predicted octanol–water partition coefficient (Wildman–Crippen LogP) is 3.15. The molecule has 3 heterocycles. The Bertz CT molecular complexity index is 1370. The lowest BCUT2D eigenvalue weighted by Crippen LogP contribution is -2.60. The Balaban J connectivity index is 1.35. The smallest absolute Gasteiger partial charge is 0.331 e. The largest absolute Gasteiger partial charge is 0.490 e. The maximum Gasteiger partial charge on any atom is 0.331 e. The lowest BCUT2D eigenvalue weighted by atomic mass is 9.85. The molecule has 2 saturated heterocycles. The summed E-state index contributed by atoms with van der Waals surface area (Å²) >= 11 is 0. The average Bonchev–Trinajstić information content (AvgIpc) is 3.12. The molecule has 0 aliphatic carbocycles. The number of likely N-dealkylation sites (tertiary alicyclic amines) is 1. The van der Waals surface area contributed by atoms with Gasteiger partial charge in [0.2, 0.25) is 5.91 Å². The summed E-state index contributed by atoms with van der Waals surface area (Å²) in [7, 11) is 1.47. The molecule has 0 bridgehead atoms. The van der Waals surface area contributed by atoms with E-state index in [9.17, 15) is 23.6 Å². The molecule has 1 spiro atoms. The topological polar surface area (TPSA) is 111 Å². The number of amides is 5. The van der Waals surface area contributed by atoms with Crippen LogP contribution in [0, 0.1) is 18.7 Å². The molecule has 10 nitrogen and oxygen atoms in total. The average molecular weight is 552 g/mol. The normalized spacial score (nSPS) is 18.9. The highest BCUT2D eigenvalue weighted by molar-refractivity contribution is 6.17. The molecule has 5 rings (SSSR count). The number of fused-ring (bicyclic) bond motifs is 1. The lowest BCUT2D eigenvalue weighted by molar-refractivity contribution is -0.139. The van der Waals surface area contributed by atoms with Crippen LogP contribution in [0.1, 0.15) is 42.6 Å². The number of hydrogen-bond donors (Lipinski definition) is 2. The molecule has 2 N–H and O–H groups in total. The van der Waals surface area contributed by atoms with Crippen LogP contribution in [-0.4, -0.2) is 78.4 Å². The van der Waals surface area contributed by atoms with E-state index >= 15 is 0 Å². The predicted molar refractivity (Wildman–Crippen MR) is 147 cm³/mol. The fourth-order valence-electron chi connectivity index (χ4n) is 5.72. The van der Waals surface area contributed by atoms with Crippen molar-refractivity contribution in [1.29, 1.82) is 0 Å². The zero-order valence-corrected chi connectivity index (χ0v) is 23.1. The van der Waals surface area contributed by atoms with Gasteiger partial charge in [-0.15, -0.1) is 0 Å². The van der Waals surface area contributed by atoms with Crippen LogP contribution in [0.15, 0.2) is 36.4 Å². The van der Waals surface area contributed by atoms with Gasteiger partial charge in [0.05, 0.1) is 16.9 Å². The molecule has 3 aliphatic rings. The van der Waals surface area contributed by atoms with Crippen molar-refractivity contribution in [2.45, 2.75) is 45.2 Å². The number of benzene rings is 2. The highest BCUT2D eigenvalue weighted by Crippen LogP contribution is 2.42. The molecule has 2 aromatic carbocycles. The number of aryl methyl sites for hydroxylation is 1. The van der Waals surface area contributed by atoms with Gasteiger partial charge in [0, 0.05) is 32.7 Å². The van der Waals surface area contributed by atoms with E-state index in [0.717, 1.165) is 16.2 Å². The standard InChI is InChI=1S/C29H34FN5O5/c1-17(2)24(32-25(36)20-15-18(3)5-7-21(20)30)26(37)34-12-9-29(10-13-34)27(38)33(4)28(39)35(29)19-6-8-22-23(16-19)40-14-11-31-22/h5-8,15-17,24,31H,9-14H2,1-4H3,(H,32,36)/t24-/m1/s1. The van der Waals surface area contributed by atoms with Crippen molar-refractivity contribution in [3.63, 3.8) is 0 Å². The number of imide groups is 1. The number of carbonyl (C=O) groups is 4. The summed E-state index contributed by atoms with van der Waals surface area (Å²) in [6, 6.07) is 8.33. The Kier molecular flexibility index (Phi) is 7.16. The summed E-state index contributed by atoms with van der Waals surface area (Å²) in [5.74, 6) is -1.59. The highest BCUT2D eigenvalue weighted by atomic mass is 19.1. The third kappa shape index (κ3) is 4.63. The first-order chi connectivity index (χ1) is 19.0. The molecule has 1 atom stereocenters. The van der Waals surface area contributed by atoms with E-state index in [-0.39, 0.29) is 49.2 Å². The number of anilines is 2. The van der Waals surface area contributed by atoms with Gasteiger partial charge in [0.25, 0.3) is 11.8 Å². The van der Waals surface area contributed by atoms with Crippen LogP contribution in [-0.2, 0) is 9.59 Å². The highest BCUT2D eigenvalue weighted by Gasteiger charge is 2.58. The second kappa shape index (κ2) is 10.4. The second-order valence-corrected chi connectivity index (χ2v) is 11.0. The fraction of sp³-hybridized carbons (Fsp3) is 0.448. The van der Waals surface area contributed by atoms with Gasteiger partial charge in [0.1, 0.15) is 29.8 Å². The van der Waals surface area contributed by atoms with E-state index in [1.807, 2.05) is 19.9 Å². The lowest BCUT2D eigenvalue weighted by Gasteiger charge is -2.43. The molecule has 0 unspecified atom stereocenters. The van der Waals surface area contributed by atoms with E-state index in [0.29, 0.717) is 24.6 Å². The fourth-order valence-corrected chi connectivity index (χ4v) is 5.72. The van der Waals surface area contributed by atoms with Gasteiger partial charge in [0.15, 0.2) is 0 Å². The Hall–Kier alpha value is -4.15. The number of likely N-dealkylation sites (N-methyl/N-ethyl adjacent to an activating group) is 1. The summed E-state index contributed by atoms with van der Waals surface area (Å²) in [5.41, 5.74) is 0.849. The van der Waals surface area contributed by atoms with Gasteiger partial charge in [-0.25, -0.2) is 9.18 Å². The number of rotatable bonds is 5. The van der Waals surface area contributed by atoms with Crippen LogP contribution >= 0.6 is 0 Å². The monoisotopic (exact) mass is 551 g/mol. The SMILES string of the molecule is Cc1ccc(F)c(C(=O)N[C@@H](C(=O)N2CCC3(CC2)C(=O)N(C)C(=O)N3c2ccc3c(c2)OCCN3)C(C)C)c1. The van der Waals surface area contributed by atoms with E-state index in [2.05, 4.69) is 10.6 Å². The Labute approximate surface area is 232 Å². The molecule has 2 fully saturated rings. The van der Waals surface area contributed by atoms with E-state index in [1.165, 1.54) is 24.1 Å². The van der Waals surface area contributed by atoms with Gasteiger partial charge in [-0.2, -0.15) is 0 Å². The summed E-state index contributed by atoms with van der Waals surface area (Å²) < 4.78 is 20.1. The summed E-state index contributed by atoms with van der Waals surface area (Å²) in [5, 5.41) is 5.96. The zero-order valence-electron chi connectivity index (χ0n) is 23.1. The van der Waals surface area contributed by atoms with Crippen LogP contribution in [0.4, 0.5) is 20.6 Å². The molecule has 3 aliphatic heterocycles. The molecule has 5 amide bonds. The molecule has 11 heteroatoms. The Morgan fingerprint density at radius 3 is 2.52 bits per heavy atom. The minimum atomic E-state index is -1.14. The van der Waals surface area contributed by atoms with Crippen LogP contribution < -0.4 is 20.3 Å². The first-order valence-corrected chi connectivity index (χ1v) is 13.5. The van der Waals surface area contributed by atoms with Crippen LogP contribution in [0.5, 0.6) is 5.75 Å². The van der Waals surface area contributed by atoms with Gasteiger partial charge in [-0.1, -0.05) is 25.5 Å². The number of halogens is 1. The Morgan fingerprint density at radius 2 is 1.82 bits per heavy atom. The van der Waals surface area contributed by atoms with Crippen LogP contribution in [0.2, 0.25) is 0 Å². The molecule has 40 heavy (non-hydrogen) atoms. The van der Waals surface area contributed by atoms with Gasteiger partial charge in [-0.05, 0) is 49.9 Å². The summed E-state index contributed by atoms with van der Waals surface area (Å²) in [6.07, 6.45) is 0.463. The van der Waals surface area contributed by atoms with Crippen molar-refractivity contribution < 1.29 is 28.3 Å².